The smallest absolute Gasteiger partial charge is 0.222 e. The van der Waals surface area contributed by atoms with Gasteiger partial charge in [-0.2, -0.15) is 0 Å². The summed E-state index contributed by atoms with van der Waals surface area (Å²) in [7, 11) is 1.56. The second-order valence-electron chi connectivity index (χ2n) is 5.04. The normalized spacial score (nSPS) is 10.9. The molecule has 0 fully saturated rings. The number of halogens is 2. The number of carbonyl (C=O) groups is 1. The monoisotopic (exact) mass is 454 g/mol. The van der Waals surface area contributed by atoms with E-state index in [2.05, 4.69) is 15.6 Å². The van der Waals surface area contributed by atoms with Gasteiger partial charge in [0.05, 0.1) is 12.1 Å². The van der Waals surface area contributed by atoms with E-state index in [0.29, 0.717) is 29.8 Å². The number of guanidine groups is 1. The molecule has 130 valence electrons. The molecule has 1 rings (SSSR count). The fourth-order valence-corrected chi connectivity index (χ4v) is 1.88. The number of ether oxygens (including phenoxy) is 1. The Morgan fingerprint density at radius 2 is 2.13 bits per heavy atom. The highest BCUT2D eigenvalue weighted by molar-refractivity contribution is 14.0. The summed E-state index contributed by atoms with van der Waals surface area (Å²) in [6.45, 7) is 4.83. The molecule has 0 aromatic heterocycles. The lowest BCUT2D eigenvalue weighted by Gasteiger charge is -2.09. The summed E-state index contributed by atoms with van der Waals surface area (Å²) in [5, 5.41) is 6.27. The number of nitrogens with one attached hydrogen (secondary N) is 2. The van der Waals surface area contributed by atoms with E-state index in [1.807, 2.05) is 13.8 Å². The molecule has 0 heterocycles. The van der Waals surface area contributed by atoms with Gasteiger partial charge < -0.3 is 21.1 Å². The number of methoxy groups -OCH3 is 1. The van der Waals surface area contributed by atoms with E-state index in [1.54, 1.807) is 25.3 Å². The lowest BCUT2D eigenvalue weighted by atomic mass is 10.2. The van der Waals surface area contributed by atoms with Crippen LogP contribution in [0, 0.1) is 5.92 Å². The molecular weight excluding hydrogens is 431 g/mol. The predicted molar refractivity (Wildman–Crippen MR) is 106 cm³/mol. The molecule has 0 atom stereocenters. The summed E-state index contributed by atoms with van der Waals surface area (Å²) in [6, 6.07) is 5.26. The van der Waals surface area contributed by atoms with Gasteiger partial charge in [0.2, 0.25) is 5.91 Å². The SMILES string of the molecule is COc1ccc(NC(N)=NCCCNC(=O)C(C)C)cc1Cl.I. The van der Waals surface area contributed by atoms with Crippen LogP contribution in [0.2, 0.25) is 5.02 Å². The van der Waals surface area contributed by atoms with Gasteiger partial charge in [0.25, 0.3) is 0 Å². The fraction of sp³-hybridized carbons (Fsp3) is 0.467. The van der Waals surface area contributed by atoms with Crippen molar-refractivity contribution in [3.8, 4) is 5.75 Å². The maximum Gasteiger partial charge on any atom is 0.222 e. The molecule has 1 amide bonds. The summed E-state index contributed by atoms with van der Waals surface area (Å²) in [6.07, 6.45) is 0.726. The van der Waals surface area contributed by atoms with Gasteiger partial charge in [-0.3, -0.25) is 9.79 Å². The van der Waals surface area contributed by atoms with Crippen LogP contribution in [0.3, 0.4) is 0 Å². The van der Waals surface area contributed by atoms with Crippen LogP contribution < -0.4 is 21.1 Å². The first-order valence-electron chi connectivity index (χ1n) is 7.12. The standard InChI is InChI=1S/C15H23ClN4O2.HI/c1-10(2)14(21)18-7-4-8-19-15(17)20-11-5-6-13(22-3)12(16)9-11;/h5-6,9-10H,4,7-8H2,1-3H3,(H,18,21)(H3,17,19,20);1H. The van der Waals surface area contributed by atoms with E-state index in [9.17, 15) is 4.79 Å². The van der Waals surface area contributed by atoms with Gasteiger partial charge in [-0.05, 0) is 24.6 Å². The van der Waals surface area contributed by atoms with Crippen LogP contribution in [-0.4, -0.2) is 32.1 Å². The minimum atomic E-state index is -0.00458. The van der Waals surface area contributed by atoms with E-state index >= 15 is 0 Å². The average Bonchev–Trinajstić information content (AvgIpc) is 2.46. The molecule has 1 aromatic rings. The highest BCUT2D eigenvalue weighted by Gasteiger charge is 2.05. The second-order valence-corrected chi connectivity index (χ2v) is 5.45. The Balaban J connectivity index is 0.00000484. The number of benzene rings is 1. The zero-order valence-electron chi connectivity index (χ0n) is 13.6. The van der Waals surface area contributed by atoms with Crippen molar-refractivity contribution in [1.29, 1.82) is 0 Å². The van der Waals surface area contributed by atoms with Crippen molar-refractivity contribution in [2.24, 2.45) is 16.6 Å². The third-order valence-electron chi connectivity index (χ3n) is 2.86. The minimum absolute atomic E-state index is 0. The summed E-state index contributed by atoms with van der Waals surface area (Å²) < 4.78 is 5.08. The van der Waals surface area contributed by atoms with Crippen molar-refractivity contribution in [3.63, 3.8) is 0 Å². The van der Waals surface area contributed by atoms with E-state index in [-0.39, 0.29) is 35.8 Å². The Morgan fingerprint density at radius 3 is 2.70 bits per heavy atom. The van der Waals surface area contributed by atoms with Crippen molar-refractivity contribution in [2.75, 3.05) is 25.5 Å². The van der Waals surface area contributed by atoms with Gasteiger partial charge >= 0.3 is 0 Å². The van der Waals surface area contributed by atoms with Gasteiger partial charge in [-0.1, -0.05) is 25.4 Å². The van der Waals surface area contributed by atoms with Crippen LogP contribution in [0.5, 0.6) is 5.75 Å². The van der Waals surface area contributed by atoms with Crippen LogP contribution in [0.4, 0.5) is 5.69 Å². The average molecular weight is 455 g/mol. The molecule has 0 radical (unpaired) electrons. The molecule has 0 saturated carbocycles. The Morgan fingerprint density at radius 1 is 1.43 bits per heavy atom. The summed E-state index contributed by atoms with van der Waals surface area (Å²) >= 11 is 6.03. The third-order valence-corrected chi connectivity index (χ3v) is 3.16. The first-order chi connectivity index (χ1) is 10.4. The lowest BCUT2D eigenvalue weighted by Crippen LogP contribution is -2.29. The minimum Gasteiger partial charge on any atom is -0.495 e. The van der Waals surface area contributed by atoms with Crippen LogP contribution in [0.25, 0.3) is 0 Å². The molecular formula is C15H24ClIN4O2. The Bertz CT molecular complexity index is 538. The number of hydrogen-bond donors (Lipinski definition) is 3. The predicted octanol–water partition coefficient (Wildman–Crippen LogP) is 2.86. The molecule has 0 unspecified atom stereocenters. The molecule has 1 aromatic carbocycles. The van der Waals surface area contributed by atoms with Gasteiger partial charge in [0.15, 0.2) is 5.96 Å². The molecule has 0 aliphatic carbocycles. The van der Waals surface area contributed by atoms with Gasteiger partial charge in [-0.15, -0.1) is 24.0 Å². The van der Waals surface area contributed by atoms with Crippen LogP contribution in [0.15, 0.2) is 23.2 Å². The Hall–Kier alpha value is -1.22. The number of amides is 1. The number of rotatable bonds is 7. The summed E-state index contributed by atoms with van der Waals surface area (Å²) in [4.78, 5) is 15.5. The number of nitrogens with two attached hydrogens (primary N) is 1. The molecule has 0 aliphatic heterocycles. The highest BCUT2D eigenvalue weighted by atomic mass is 127. The maximum absolute atomic E-state index is 11.4. The topological polar surface area (TPSA) is 88.7 Å². The Kier molecular flexibility index (Phi) is 10.7. The Labute approximate surface area is 159 Å². The highest BCUT2D eigenvalue weighted by Crippen LogP contribution is 2.26. The molecule has 4 N–H and O–H groups in total. The van der Waals surface area contributed by atoms with Crippen molar-refractivity contribution in [1.82, 2.24) is 5.32 Å². The number of anilines is 1. The van der Waals surface area contributed by atoms with Crippen LogP contribution >= 0.6 is 35.6 Å². The lowest BCUT2D eigenvalue weighted by molar-refractivity contribution is -0.123. The first kappa shape index (κ1) is 21.8. The molecule has 23 heavy (non-hydrogen) atoms. The van der Waals surface area contributed by atoms with E-state index in [1.165, 1.54) is 0 Å². The van der Waals surface area contributed by atoms with Crippen LogP contribution in [0.1, 0.15) is 20.3 Å². The molecule has 0 bridgehead atoms. The summed E-state index contributed by atoms with van der Waals surface area (Å²) in [5.74, 6) is 0.943. The first-order valence-corrected chi connectivity index (χ1v) is 7.50. The number of carbonyl (C=O) groups excluding carboxylic acids is 1. The van der Waals surface area contributed by atoms with Crippen molar-refractivity contribution >= 4 is 53.1 Å². The molecule has 6 nitrogen and oxygen atoms in total. The zero-order chi connectivity index (χ0) is 16.5. The van der Waals surface area contributed by atoms with Crippen molar-refractivity contribution in [2.45, 2.75) is 20.3 Å². The van der Waals surface area contributed by atoms with Gasteiger partial charge in [0, 0.05) is 24.7 Å². The van der Waals surface area contributed by atoms with Gasteiger partial charge in [0.1, 0.15) is 5.75 Å². The number of aliphatic imine (C=N–C) groups is 1. The zero-order valence-corrected chi connectivity index (χ0v) is 16.6. The quantitative estimate of drug-likeness (QED) is 0.256. The van der Waals surface area contributed by atoms with Crippen molar-refractivity contribution < 1.29 is 9.53 Å². The molecule has 0 spiro atoms. The van der Waals surface area contributed by atoms with E-state index in [4.69, 9.17) is 22.1 Å². The largest absolute Gasteiger partial charge is 0.495 e. The maximum atomic E-state index is 11.4. The third kappa shape index (κ3) is 8.26. The fourth-order valence-electron chi connectivity index (χ4n) is 1.63. The molecule has 0 saturated heterocycles. The second kappa shape index (κ2) is 11.3. The molecule has 0 aliphatic rings. The summed E-state index contributed by atoms with van der Waals surface area (Å²) in [5.41, 5.74) is 6.53. The van der Waals surface area contributed by atoms with E-state index < -0.39 is 0 Å². The van der Waals surface area contributed by atoms with Gasteiger partial charge in [-0.25, -0.2) is 0 Å². The van der Waals surface area contributed by atoms with Crippen molar-refractivity contribution in [3.05, 3.63) is 23.2 Å². The number of nitrogens with zero attached hydrogens (tertiary/aromatic N) is 1. The number of hydrogen-bond acceptors (Lipinski definition) is 3. The molecule has 8 heteroatoms. The van der Waals surface area contributed by atoms with Crippen LogP contribution in [-0.2, 0) is 4.79 Å². The van der Waals surface area contributed by atoms with E-state index in [0.717, 1.165) is 12.1 Å².